The van der Waals surface area contributed by atoms with Crippen molar-refractivity contribution in [3.63, 3.8) is 0 Å². The molecule has 0 saturated heterocycles. The molecule has 1 aromatic carbocycles. The van der Waals surface area contributed by atoms with E-state index in [0.29, 0.717) is 16.1 Å². The fourth-order valence-corrected chi connectivity index (χ4v) is 3.61. The SMILES string of the molecule is Cc1ccc2c(NS(=O)(=O)Cc3ccccc3Cl)ncnn12. The van der Waals surface area contributed by atoms with Crippen molar-refractivity contribution in [1.29, 1.82) is 0 Å². The molecule has 2 aromatic heterocycles. The quantitative estimate of drug-likeness (QED) is 0.794. The van der Waals surface area contributed by atoms with Gasteiger partial charge in [0.2, 0.25) is 10.0 Å². The summed E-state index contributed by atoms with van der Waals surface area (Å²) in [5, 5.41) is 4.50. The van der Waals surface area contributed by atoms with Gasteiger partial charge >= 0.3 is 0 Å². The molecule has 0 radical (unpaired) electrons. The van der Waals surface area contributed by atoms with Crippen LogP contribution in [0.25, 0.3) is 5.52 Å². The smallest absolute Gasteiger partial charge is 0.238 e. The number of nitrogens with one attached hydrogen (secondary N) is 1. The molecule has 22 heavy (non-hydrogen) atoms. The lowest BCUT2D eigenvalue weighted by Gasteiger charge is -2.09. The Bertz CT molecular complexity index is 937. The fraction of sp³-hybridized carbons (Fsp3) is 0.143. The van der Waals surface area contributed by atoms with Crippen LogP contribution < -0.4 is 4.72 Å². The van der Waals surface area contributed by atoms with E-state index in [1.54, 1.807) is 34.8 Å². The zero-order valence-electron chi connectivity index (χ0n) is 11.7. The van der Waals surface area contributed by atoms with Crippen molar-refractivity contribution in [2.45, 2.75) is 12.7 Å². The predicted octanol–water partition coefficient (Wildman–Crippen LogP) is 2.63. The summed E-state index contributed by atoms with van der Waals surface area (Å²) in [4.78, 5) is 4.01. The summed E-state index contributed by atoms with van der Waals surface area (Å²) in [7, 11) is -3.63. The number of sulfonamides is 1. The average Bonchev–Trinajstić information content (AvgIpc) is 2.84. The van der Waals surface area contributed by atoms with Gasteiger partial charge in [-0.05, 0) is 30.7 Å². The minimum atomic E-state index is -3.63. The summed E-state index contributed by atoms with van der Waals surface area (Å²) < 4.78 is 28.8. The third-order valence-corrected chi connectivity index (χ3v) is 4.76. The van der Waals surface area contributed by atoms with Gasteiger partial charge in [-0.3, -0.25) is 4.72 Å². The molecule has 6 nitrogen and oxygen atoms in total. The van der Waals surface area contributed by atoms with Crippen LogP contribution in [0.5, 0.6) is 0 Å². The number of aromatic nitrogens is 3. The van der Waals surface area contributed by atoms with Crippen molar-refractivity contribution in [2.24, 2.45) is 0 Å². The van der Waals surface area contributed by atoms with Gasteiger partial charge in [-0.2, -0.15) is 5.10 Å². The zero-order chi connectivity index (χ0) is 15.7. The Labute approximate surface area is 132 Å². The molecule has 0 spiro atoms. The minimum absolute atomic E-state index is 0.220. The van der Waals surface area contributed by atoms with Crippen molar-refractivity contribution < 1.29 is 8.42 Å². The standard InChI is InChI=1S/C14H13ClN4O2S/c1-10-6-7-13-14(16-9-17-19(10)13)18-22(20,21)8-11-4-2-3-5-12(11)15/h2-7,9H,8H2,1H3,(H,16,17,18). The first-order valence-electron chi connectivity index (χ1n) is 6.49. The van der Waals surface area contributed by atoms with Crippen LogP contribution in [0.1, 0.15) is 11.3 Å². The maximum atomic E-state index is 12.3. The lowest BCUT2D eigenvalue weighted by molar-refractivity contribution is 0.600. The molecule has 0 amide bonds. The number of nitrogens with zero attached hydrogens (tertiary/aromatic N) is 3. The van der Waals surface area contributed by atoms with E-state index in [9.17, 15) is 8.42 Å². The van der Waals surface area contributed by atoms with Crippen molar-refractivity contribution in [1.82, 2.24) is 14.6 Å². The minimum Gasteiger partial charge on any atom is -0.265 e. The van der Waals surface area contributed by atoms with Gasteiger partial charge in [0.1, 0.15) is 11.8 Å². The molecule has 0 fully saturated rings. The van der Waals surface area contributed by atoms with E-state index in [1.807, 2.05) is 13.0 Å². The molecule has 0 unspecified atom stereocenters. The number of hydrogen-bond acceptors (Lipinski definition) is 4. The van der Waals surface area contributed by atoms with Crippen LogP contribution in [-0.4, -0.2) is 23.0 Å². The van der Waals surface area contributed by atoms with E-state index in [2.05, 4.69) is 14.8 Å². The molecule has 8 heteroatoms. The fourth-order valence-electron chi connectivity index (χ4n) is 2.15. The summed E-state index contributed by atoms with van der Waals surface area (Å²) in [6, 6.07) is 10.4. The highest BCUT2D eigenvalue weighted by atomic mass is 35.5. The molecule has 1 N–H and O–H groups in total. The number of hydrogen-bond donors (Lipinski definition) is 1. The number of rotatable bonds is 4. The second-order valence-corrected chi connectivity index (χ2v) is 6.96. The summed E-state index contributed by atoms with van der Waals surface area (Å²) in [5.41, 5.74) is 2.03. The second-order valence-electron chi connectivity index (χ2n) is 4.83. The highest BCUT2D eigenvalue weighted by Gasteiger charge is 2.16. The van der Waals surface area contributed by atoms with Gasteiger partial charge < -0.3 is 0 Å². The third kappa shape index (κ3) is 2.90. The molecule has 3 aromatic rings. The first kappa shape index (κ1) is 14.8. The van der Waals surface area contributed by atoms with Crippen LogP contribution in [-0.2, 0) is 15.8 Å². The van der Waals surface area contributed by atoms with Crippen molar-refractivity contribution in [3.8, 4) is 0 Å². The Hall–Kier alpha value is -2.12. The topological polar surface area (TPSA) is 76.4 Å². The number of fused-ring (bicyclic) bond motifs is 1. The normalized spacial score (nSPS) is 11.7. The monoisotopic (exact) mass is 336 g/mol. The van der Waals surface area contributed by atoms with Crippen LogP contribution >= 0.6 is 11.6 Å². The molecule has 0 atom stereocenters. The van der Waals surface area contributed by atoms with Crippen molar-refractivity contribution in [3.05, 3.63) is 59.0 Å². The average molecular weight is 337 g/mol. The zero-order valence-corrected chi connectivity index (χ0v) is 13.3. The van der Waals surface area contributed by atoms with E-state index >= 15 is 0 Å². The third-order valence-electron chi connectivity index (χ3n) is 3.20. The number of benzene rings is 1. The predicted molar refractivity (Wildman–Crippen MR) is 85.4 cm³/mol. The Morgan fingerprint density at radius 3 is 2.77 bits per heavy atom. The summed E-state index contributed by atoms with van der Waals surface area (Å²) >= 11 is 6.01. The molecule has 0 aliphatic heterocycles. The highest BCUT2D eigenvalue weighted by Crippen LogP contribution is 2.21. The first-order chi connectivity index (χ1) is 10.5. The molecule has 0 aliphatic rings. The summed E-state index contributed by atoms with van der Waals surface area (Å²) in [5.74, 6) is 0.0258. The second kappa shape index (κ2) is 5.58. The van der Waals surface area contributed by atoms with Gasteiger partial charge in [-0.25, -0.2) is 17.9 Å². The Morgan fingerprint density at radius 2 is 2.00 bits per heavy atom. The Kier molecular flexibility index (Phi) is 3.76. The molecule has 0 aliphatic carbocycles. The van der Waals surface area contributed by atoms with Gasteiger partial charge in [0.25, 0.3) is 0 Å². The van der Waals surface area contributed by atoms with Crippen LogP contribution in [0.4, 0.5) is 5.82 Å². The molecule has 0 saturated carbocycles. The van der Waals surface area contributed by atoms with E-state index < -0.39 is 10.0 Å². The Balaban J connectivity index is 1.92. The van der Waals surface area contributed by atoms with Crippen LogP contribution in [0.2, 0.25) is 5.02 Å². The number of aryl methyl sites for hydroxylation is 1. The van der Waals surface area contributed by atoms with Crippen LogP contribution in [0, 0.1) is 6.92 Å². The number of halogens is 1. The Morgan fingerprint density at radius 1 is 1.23 bits per heavy atom. The largest absolute Gasteiger partial charge is 0.265 e. The van der Waals surface area contributed by atoms with E-state index in [-0.39, 0.29) is 11.6 Å². The van der Waals surface area contributed by atoms with Gasteiger partial charge in [-0.1, -0.05) is 29.8 Å². The van der Waals surface area contributed by atoms with Gasteiger partial charge in [-0.15, -0.1) is 0 Å². The summed E-state index contributed by atoms with van der Waals surface area (Å²) in [6.45, 7) is 1.88. The maximum absolute atomic E-state index is 12.3. The molecule has 2 heterocycles. The lowest BCUT2D eigenvalue weighted by atomic mass is 10.2. The molecule has 114 valence electrons. The van der Waals surface area contributed by atoms with Gasteiger partial charge in [0.05, 0.1) is 5.75 Å². The van der Waals surface area contributed by atoms with Crippen molar-refractivity contribution in [2.75, 3.05) is 4.72 Å². The molecular weight excluding hydrogens is 324 g/mol. The van der Waals surface area contributed by atoms with Crippen molar-refractivity contribution >= 4 is 33.0 Å². The summed E-state index contributed by atoms with van der Waals surface area (Å²) in [6.07, 6.45) is 1.31. The van der Waals surface area contributed by atoms with Gasteiger partial charge in [0, 0.05) is 10.7 Å². The first-order valence-corrected chi connectivity index (χ1v) is 8.52. The maximum Gasteiger partial charge on any atom is 0.238 e. The molecular formula is C14H13ClN4O2S. The molecule has 0 bridgehead atoms. The lowest BCUT2D eigenvalue weighted by Crippen LogP contribution is -2.17. The molecule has 3 rings (SSSR count). The van der Waals surface area contributed by atoms with E-state index in [0.717, 1.165) is 5.69 Å². The number of anilines is 1. The van der Waals surface area contributed by atoms with Crippen LogP contribution in [0.3, 0.4) is 0 Å². The van der Waals surface area contributed by atoms with Gasteiger partial charge in [0.15, 0.2) is 5.82 Å². The van der Waals surface area contributed by atoms with Crippen LogP contribution in [0.15, 0.2) is 42.7 Å². The van der Waals surface area contributed by atoms with E-state index in [4.69, 9.17) is 11.6 Å². The van der Waals surface area contributed by atoms with E-state index in [1.165, 1.54) is 6.33 Å². The highest BCUT2D eigenvalue weighted by molar-refractivity contribution is 7.91.